The number of hydrogen-bond donors (Lipinski definition) is 2. The van der Waals surface area contributed by atoms with Crippen molar-refractivity contribution >= 4 is 10.0 Å². The van der Waals surface area contributed by atoms with Gasteiger partial charge in [0.05, 0.1) is 10.5 Å². The topological polar surface area (TPSA) is 58.2 Å². The molecule has 0 unspecified atom stereocenters. The maximum Gasteiger partial charge on any atom is 0.416 e. The van der Waals surface area contributed by atoms with Gasteiger partial charge in [-0.2, -0.15) is 13.2 Å². The third-order valence-electron chi connectivity index (χ3n) is 2.46. The highest BCUT2D eigenvalue weighted by molar-refractivity contribution is 7.89. The molecule has 0 fully saturated rings. The van der Waals surface area contributed by atoms with Crippen LogP contribution >= 0.6 is 0 Å². The lowest BCUT2D eigenvalue weighted by Gasteiger charge is -2.12. The maximum atomic E-state index is 12.5. The van der Waals surface area contributed by atoms with Crippen molar-refractivity contribution < 1.29 is 21.6 Å². The average Bonchev–Trinajstić information content (AvgIpc) is 2.27. The lowest BCUT2D eigenvalue weighted by Crippen LogP contribution is -2.31. The highest BCUT2D eigenvalue weighted by Gasteiger charge is 2.31. The standard InChI is InChI=1S/C11H15F3N2O2S/c1-8-7-9(11(12,13)14)3-4-10(8)19(17,18)16-6-5-15-2/h3-4,7,15-16H,5-6H2,1-2H3. The Hall–Kier alpha value is -1.12. The van der Waals surface area contributed by atoms with Gasteiger partial charge in [-0.1, -0.05) is 0 Å². The van der Waals surface area contributed by atoms with Gasteiger partial charge >= 0.3 is 6.18 Å². The molecule has 0 heterocycles. The number of sulfonamides is 1. The summed E-state index contributed by atoms with van der Waals surface area (Å²) < 4.78 is 63.5. The van der Waals surface area contributed by atoms with E-state index in [1.165, 1.54) is 6.92 Å². The number of rotatable bonds is 5. The number of alkyl halides is 3. The molecule has 0 aromatic heterocycles. The smallest absolute Gasteiger partial charge is 0.318 e. The minimum Gasteiger partial charge on any atom is -0.318 e. The molecule has 0 aliphatic heterocycles. The highest BCUT2D eigenvalue weighted by atomic mass is 32.2. The van der Waals surface area contributed by atoms with Gasteiger partial charge in [-0.05, 0) is 37.7 Å². The van der Waals surface area contributed by atoms with Gasteiger partial charge in [0.25, 0.3) is 0 Å². The zero-order valence-electron chi connectivity index (χ0n) is 10.5. The van der Waals surface area contributed by atoms with Crippen molar-refractivity contribution in [3.05, 3.63) is 29.3 Å². The number of hydrogen-bond acceptors (Lipinski definition) is 3. The molecule has 0 bridgehead atoms. The predicted octanol–water partition coefficient (Wildman–Crippen LogP) is 1.51. The first-order valence-electron chi connectivity index (χ1n) is 5.50. The van der Waals surface area contributed by atoms with Crippen molar-refractivity contribution in [2.45, 2.75) is 18.0 Å². The van der Waals surface area contributed by atoms with E-state index in [9.17, 15) is 21.6 Å². The van der Waals surface area contributed by atoms with Crippen molar-refractivity contribution in [3.63, 3.8) is 0 Å². The predicted molar refractivity (Wildman–Crippen MR) is 65.3 cm³/mol. The zero-order chi connectivity index (χ0) is 14.7. The molecule has 1 rings (SSSR count). The summed E-state index contributed by atoms with van der Waals surface area (Å²) in [7, 11) is -2.12. The average molecular weight is 296 g/mol. The lowest BCUT2D eigenvalue weighted by atomic mass is 10.1. The van der Waals surface area contributed by atoms with Crippen LogP contribution < -0.4 is 10.0 Å². The molecule has 1 aromatic rings. The molecule has 8 heteroatoms. The second kappa shape index (κ2) is 5.89. The normalized spacial score (nSPS) is 12.7. The minimum absolute atomic E-state index is 0.0618. The molecule has 0 spiro atoms. The third-order valence-corrected chi connectivity index (χ3v) is 4.08. The van der Waals surface area contributed by atoms with Crippen molar-refractivity contribution in [2.75, 3.05) is 20.1 Å². The van der Waals surface area contributed by atoms with Crippen molar-refractivity contribution in [1.29, 1.82) is 0 Å². The monoisotopic (exact) mass is 296 g/mol. The first-order chi connectivity index (χ1) is 8.68. The Balaban J connectivity index is 3.03. The largest absolute Gasteiger partial charge is 0.416 e. The van der Waals surface area contributed by atoms with Crippen molar-refractivity contribution in [3.8, 4) is 0 Å². The van der Waals surface area contributed by atoms with Crippen LogP contribution in [0.25, 0.3) is 0 Å². The summed E-state index contributed by atoms with van der Waals surface area (Å²) in [5, 5.41) is 2.76. The van der Waals surface area contributed by atoms with Crippen LogP contribution in [0.4, 0.5) is 13.2 Å². The second-order valence-corrected chi connectivity index (χ2v) is 5.71. The summed E-state index contributed by atoms with van der Waals surface area (Å²) >= 11 is 0. The van der Waals surface area contributed by atoms with Gasteiger partial charge in [-0.15, -0.1) is 0 Å². The summed E-state index contributed by atoms with van der Waals surface area (Å²) in [6.45, 7) is 1.93. The molecule has 0 saturated carbocycles. The van der Waals surface area contributed by atoms with Gasteiger partial charge in [0.2, 0.25) is 10.0 Å². The minimum atomic E-state index is -4.48. The van der Waals surface area contributed by atoms with Crippen LogP contribution in [0.3, 0.4) is 0 Å². The van der Waals surface area contributed by atoms with E-state index in [2.05, 4.69) is 10.0 Å². The molecule has 108 valence electrons. The van der Waals surface area contributed by atoms with Crippen LogP contribution in [-0.2, 0) is 16.2 Å². The van der Waals surface area contributed by atoms with Gasteiger partial charge in [0, 0.05) is 13.1 Å². The molecule has 0 saturated heterocycles. The van der Waals surface area contributed by atoms with E-state index in [1.54, 1.807) is 7.05 Å². The lowest BCUT2D eigenvalue weighted by molar-refractivity contribution is -0.137. The van der Waals surface area contributed by atoms with Gasteiger partial charge in [-0.25, -0.2) is 13.1 Å². The molecular weight excluding hydrogens is 281 g/mol. The molecule has 0 aliphatic rings. The summed E-state index contributed by atoms with van der Waals surface area (Å²) in [6, 6.07) is 2.56. The zero-order valence-corrected chi connectivity index (χ0v) is 11.3. The number of benzene rings is 1. The van der Waals surface area contributed by atoms with E-state index in [-0.39, 0.29) is 17.0 Å². The van der Waals surface area contributed by atoms with E-state index < -0.39 is 21.8 Å². The van der Waals surface area contributed by atoms with Gasteiger partial charge < -0.3 is 5.32 Å². The fourth-order valence-corrected chi connectivity index (χ4v) is 2.77. The Labute approximate surface area is 110 Å². The highest BCUT2D eigenvalue weighted by Crippen LogP contribution is 2.31. The Morgan fingerprint density at radius 3 is 2.32 bits per heavy atom. The van der Waals surface area contributed by atoms with Crippen LogP contribution in [0, 0.1) is 6.92 Å². The Morgan fingerprint density at radius 2 is 1.84 bits per heavy atom. The fourth-order valence-electron chi connectivity index (χ4n) is 1.52. The van der Waals surface area contributed by atoms with E-state index in [4.69, 9.17) is 0 Å². The Morgan fingerprint density at radius 1 is 1.21 bits per heavy atom. The van der Waals surface area contributed by atoms with E-state index in [0.29, 0.717) is 6.54 Å². The number of aryl methyl sites for hydroxylation is 1. The van der Waals surface area contributed by atoms with Crippen LogP contribution in [0.2, 0.25) is 0 Å². The Bertz CT molecular complexity index is 541. The van der Waals surface area contributed by atoms with E-state index in [1.807, 2.05) is 0 Å². The second-order valence-electron chi connectivity index (χ2n) is 3.98. The molecule has 2 N–H and O–H groups in total. The molecule has 0 aliphatic carbocycles. The Kier molecular flexibility index (Phi) is 4.94. The van der Waals surface area contributed by atoms with E-state index >= 15 is 0 Å². The molecular formula is C11H15F3N2O2S. The summed E-state index contributed by atoms with van der Waals surface area (Å²) in [5.74, 6) is 0. The third kappa shape index (κ3) is 4.19. The summed E-state index contributed by atoms with van der Waals surface area (Å²) in [5.41, 5.74) is -0.800. The van der Waals surface area contributed by atoms with Crippen LogP contribution in [0.5, 0.6) is 0 Å². The first kappa shape index (κ1) is 15.9. The van der Waals surface area contributed by atoms with Crippen molar-refractivity contribution in [2.24, 2.45) is 0 Å². The number of likely N-dealkylation sites (N-methyl/N-ethyl adjacent to an activating group) is 1. The quantitative estimate of drug-likeness (QED) is 0.810. The van der Waals surface area contributed by atoms with Crippen LogP contribution in [0.15, 0.2) is 23.1 Å². The molecule has 4 nitrogen and oxygen atoms in total. The molecule has 19 heavy (non-hydrogen) atoms. The van der Waals surface area contributed by atoms with Crippen LogP contribution in [0.1, 0.15) is 11.1 Å². The summed E-state index contributed by atoms with van der Waals surface area (Å²) in [4.78, 5) is -0.142. The van der Waals surface area contributed by atoms with E-state index in [0.717, 1.165) is 18.2 Å². The number of nitrogens with one attached hydrogen (secondary N) is 2. The van der Waals surface area contributed by atoms with Crippen LogP contribution in [-0.4, -0.2) is 28.6 Å². The molecule has 0 radical (unpaired) electrons. The first-order valence-corrected chi connectivity index (χ1v) is 6.99. The van der Waals surface area contributed by atoms with Gasteiger partial charge in [0.15, 0.2) is 0 Å². The van der Waals surface area contributed by atoms with Crippen molar-refractivity contribution in [1.82, 2.24) is 10.0 Å². The SMILES string of the molecule is CNCCNS(=O)(=O)c1ccc(C(F)(F)F)cc1C. The maximum absolute atomic E-state index is 12.5. The molecule has 1 aromatic carbocycles. The summed E-state index contributed by atoms with van der Waals surface area (Å²) in [6.07, 6.45) is -4.48. The van der Waals surface area contributed by atoms with Gasteiger partial charge in [-0.3, -0.25) is 0 Å². The number of halogens is 3. The molecule has 0 amide bonds. The molecule has 0 atom stereocenters. The fraction of sp³-hybridized carbons (Fsp3) is 0.455. The van der Waals surface area contributed by atoms with Gasteiger partial charge in [0.1, 0.15) is 0 Å².